The summed E-state index contributed by atoms with van der Waals surface area (Å²) in [5.41, 5.74) is 2.45. The van der Waals surface area contributed by atoms with Gasteiger partial charge in [0.2, 0.25) is 10.0 Å². The maximum Gasteiger partial charge on any atom is 0.250 e. The van der Waals surface area contributed by atoms with E-state index in [0.29, 0.717) is 12.4 Å². The molecule has 1 N–H and O–H groups in total. The Morgan fingerprint density at radius 2 is 1.82 bits per heavy atom. The summed E-state index contributed by atoms with van der Waals surface area (Å²) in [5, 5.41) is 0. The smallest absolute Gasteiger partial charge is 0.250 e. The van der Waals surface area contributed by atoms with Crippen LogP contribution >= 0.6 is 27.3 Å². The Bertz CT molecular complexity index is 1230. The number of para-hydroxylation sites is 2. The van der Waals surface area contributed by atoms with Crippen molar-refractivity contribution in [2.24, 2.45) is 0 Å². The van der Waals surface area contributed by atoms with Crippen molar-refractivity contribution in [3.8, 4) is 11.4 Å². The number of rotatable bonds is 6. The number of thiophene rings is 1. The topological polar surface area (TPSA) is 64.0 Å². The van der Waals surface area contributed by atoms with Gasteiger partial charge in [0.25, 0.3) is 0 Å². The van der Waals surface area contributed by atoms with Gasteiger partial charge in [-0.3, -0.25) is 0 Å². The minimum Gasteiger partial charge on any atom is -0.323 e. The summed E-state index contributed by atoms with van der Waals surface area (Å²) < 4.78 is 43.8. The summed E-state index contributed by atoms with van der Waals surface area (Å²) in [7, 11) is -3.57. The van der Waals surface area contributed by atoms with Crippen molar-refractivity contribution in [3.63, 3.8) is 0 Å². The van der Waals surface area contributed by atoms with E-state index in [-0.39, 0.29) is 16.6 Å². The molecule has 2 aromatic carbocycles. The number of nitrogens with zero attached hydrogens (tertiary/aromatic N) is 2. The summed E-state index contributed by atoms with van der Waals surface area (Å²) in [6.07, 6.45) is 0. The summed E-state index contributed by atoms with van der Waals surface area (Å²) in [5.74, 6) is 0.348. The highest BCUT2D eigenvalue weighted by molar-refractivity contribution is 9.11. The average Bonchev–Trinajstić information content (AvgIpc) is 3.27. The Balaban J connectivity index is 1.62. The first-order valence-electron chi connectivity index (χ1n) is 8.40. The van der Waals surface area contributed by atoms with Gasteiger partial charge in [-0.25, -0.2) is 22.5 Å². The molecule has 9 heteroatoms. The molecule has 0 atom stereocenters. The molecule has 2 aromatic heterocycles. The molecule has 0 aliphatic rings. The van der Waals surface area contributed by atoms with Gasteiger partial charge >= 0.3 is 0 Å². The standard InChI is InChI=1S/C19H15BrFN3O2S2/c20-17-9-10-18(27-17)28(25,26)22-11-12-24-16-4-2-1-3-15(16)23-19(24)13-5-7-14(21)8-6-13/h1-10,22H,11-12H2. The highest BCUT2D eigenvalue weighted by atomic mass is 79.9. The number of imidazole rings is 1. The predicted octanol–water partition coefficient (Wildman–Crippen LogP) is 4.64. The SMILES string of the molecule is O=S(=O)(NCCn1c(-c2ccc(F)cc2)nc2ccccc21)c1ccc(Br)s1. The molecule has 4 aromatic rings. The van der Waals surface area contributed by atoms with E-state index in [1.54, 1.807) is 24.3 Å². The molecule has 0 unspecified atom stereocenters. The van der Waals surface area contributed by atoms with Crippen LogP contribution in [0, 0.1) is 5.82 Å². The second kappa shape index (κ2) is 7.75. The maximum absolute atomic E-state index is 13.3. The number of fused-ring (bicyclic) bond motifs is 1. The second-order valence-corrected chi connectivity index (χ2v) is 10.5. The minimum atomic E-state index is -3.57. The number of hydrogen-bond donors (Lipinski definition) is 1. The molecule has 0 aliphatic carbocycles. The zero-order chi connectivity index (χ0) is 19.7. The monoisotopic (exact) mass is 479 g/mol. The second-order valence-electron chi connectivity index (χ2n) is 6.04. The van der Waals surface area contributed by atoms with Crippen LogP contribution in [0.15, 0.2) is 68.7 Å². The Hall–Kier alpha value is -2.07. The van der Waals surface area contributed by atoms with Crippen LogP contribution in [0.5, 0.6) is 0 Å². The lowest BCUT2D eigenvalue weighted by Crippen LogP contribution is -2.27. The minimum absolute atomic E-state index is 0.201. The number of sulfonamides is 1. The van der Waals surface area contributed by atoms with Gasteiger partial charge in [0.1, 0.15) is 15.9 Å². The number of halogens is 2. The third-order valence-corrected chi connectivity index (χ3v) is 7.77. The first-order valence-corrected chi connectivity index (χ1v) is 11.5. The number of aromatic nitrogens is 2. The molecule has 28 heavy (non-hydrogen) atoms. The Morgan fingerprint density at radius 3 is 2.54 bits per heavy atom. The van der Waals surface area contributed by atoms with Crippen molar-refractivity contribution >= 4 is 48.3 Å². The van der Waals surface area contributed by atoms with E-state index < -0.39 is 10.0 Å². The van der Waals surface area contributed by atoms with Crippen molar-refractivity contribution in [1.29, 1.82) is 0 Å². The van der Waals surface area contributed by atoms with Gasteiger partial charge < -0.3 is 4.57 Å². The lowest BCUT2D eigenvalue weighted by atomic mass is 10.2. The third kappa shape index (κ3) is 3.88. The van der Waals surface area contributed by atoms with Crippen molar-refractivity contribution in [2.75, 3.05) is 6.54 Å². The molecular weight excluding hydrogens is 465 g/mol. The largest absolute Gasteiger partial charge is 0.323 e. The molecule has 0 amide bonds. The predicted molar refractivity (Wildman–Crippen MR) is 112 cm³/mol. The lowest BCUT2D eigenvalue weighted by molar-refractivity contribution is 0.576. The Kier molecular flexibility index (Phi) is 5.33. The van der Waals surface area contributed by atoms with Crippen molar-refractivity contribution in [2.45, 2.75) is 10.8 Å². The molecule has 0 bridgehead atoms. The van der Waals surface area contributed by atoms with E-state index in [0.717, 1.165) is 31.7 Å². The van der Waals surface area contributed by atoms with Gasteiger partial charge in [-0.1, -0.05) is 12.1 Å². The van der Waals surface area contributed by atoms with Crippen LogP contribution in [-0.2, 0) is 16.6 Å². The molecule has 0 radical (unpaired) electrons. The average molecular weight is 480 g/mol. The van der Waals surface area contributed by atoms with Crippen molar-refractivity contribution < 1.29 is 12.8 Å². The van der Waals surface area contributed by atoms with Crippen molar-refractivity contribution in [3.05, 3.63) is 70.3 Å². The molecule has 0 saturated heterocycles. The van der Waals surface area contributed by atoms with Crippen LogP contribution in [0.2, 0.25) is 0 Å². The van der Waals surface area contributed by atoms with E-state index in [9.17, 15) is 12.8 Å². The van der Waals surface area contributed by atoms with E-state index in [4.69, 9.17) is 0 Å². The first kappa shape index (κ1) is 19.3. The van der Waals surface area contributed by atoms with Crippen LogP contribution < -0.4 is 4.72 Å². The van der Waals surface area contributed by atoms with E-state index in [1.807, 2.05) is 28.8 Å². The maximum atomic E-state index is 13.3. The fraction of sp³-hybridized carbons (Fsp3) is 0.105. The number of nitrogens with one attached hydrogen (secondary N) is 1. The van der Waals surface area contributed by atoms with Crippen LogP contribution in [-0.4, -0.2) is 24.5 Å². The zero-order valence-corrected chi connectivity index (χ0v) is 17.7. The molecule has 144 valence electrons. The van der Waals surface area contributed by atoms with E-state index >= 15 is 0 Å². The molecular formula is C19H15BrFN3O2S2. The van der Waals surface area contributed by atoms with Crippen LogP contribution in [0.1, 0.15) is 0 Å². The summed E-state index contributed by atoms with van der Waals surface area (Å²) in [6, 6.07) is 17.0. The number of benzene rings is 2. The molecule has 4 rings (SSSR count). The zero-order valence-electron chi connectivity index (χ0n) is 14.5. The summed E-state index contributed by atoms with van der Waals surface area (Å²) >= 11 is 4.44. The van der Waals surface area contributed by atoms with Gasteiger partial charge in [-0.05, 0) is 64.5 Å². The van der Waals surface area contributed by atoms with E-state index in [2.05, 4.69) is 25.6 Å². The van der Waals surface area contributed by atoms with Gasteiger partial charge in [-0.2, -0.15) is 0 Å². The Labute approximate surface area is 174 Å². The lowest BCUT2D eigenvalue weighted by Gasteiger charge is -2.10. The van der Waals surface area contributed by atoms with Crippen LogP contribution in [0.3, 0.4) is 0 Å². The fourth-order valence-electron chi connectivity index (χ4n) is 2.93. The van der Waals surface area contributed by atoms with Gasteiger partial charge in [0.15, 0.2) is 0 Å². The summed E-state index contributed by atoms with van der Waals surface area (Å²) in [4.78, 5) is 4.65. The molecule has 0 spiro atoms. The quantitative estimate of drug-likeness (QED) is 0.437. The highest BCUT2D eigenvalue weighted by Gasteiger charge is 2.17. The van der Waals surface area contributed by atoms with E-state index in [1.165, 1.54) is 12.1 Å². The molecule has 0 saturated carbocycles. The fourth-order valence-corrected chi connectivity index (χ4v) is 6.00. The molecule has 2 heterocycles. The highest BCUT2D eigenvalue weighted by Crippen LogP contribution is 2.27. The number of hydrogen-bond acceptors (Lipinski definition) is 4. The molecule has 5 nitrogen and oxygen atoms in total. The van der Waals surface area contributed by atoms with Gasteiger partial charge in [-0.15, -0.1) is 11.3 Å². The summed E-state index contributed by atoms with van der Waals surface area (Å²) in [6.45, 7) is 0.589. The molecule has 0 fully saturated rings. The van der Waals surface area contributed by atoms with Gasteiger partial charge in [0.05, 0.1) is 14.8 Å². The van der Waals surface area contributed by atoms with Crippen LogP contribution in [0.25, 0.3) is 22.4 Å². The van der Waals surface area contributed by atoms with Crippen LogP contribution in [0.4, 0.5) is 4.39 Å². The first-order chi connectivity index (χ1) is 13.4. The third-order valence-electron chi connectivity index (χ3n) is 4.20. The van der Waals surface area contributed by atoms with Gasteiger partial charge in [0, 0.05) is 18.7 Å². The molecule has 0 aliphatic heterocycles. The Morgan fingerprint density at radius 1 is 1.07 bits per heavy atom. The van der Waals surface area contributed by atoms with Crippen molar-refractivity contribution in [1.82, 2.24) is 14.3 Å². The normalized spacial score (nSPS) is 11.9.